The van der Waals surface area contributed by atoms with Gasteiger partial charge in [-0.2, -0.15) is 0 Å². The van der Waals surface area contributed by atoms with Crippen molar-refractivity contribution in [2.45, 2.75) is 33.1 Å². The van der Waals surface area contributed by atoms with Crippen LogP contribution in [0.2, 0.25) is 0 Å². The van der Waals surface area contributed by atoms with Crippen molar-refractivity contribution in [3.8, 4) is 0 Å². The normalized spacial score (nSPS) is 15.6. The van der Waals surface area contributed by atoms with Crippen LogP contribution >= 0.6 is 0 Å². The van der Waals surface area contributed by atoms with Crippen LogP contribution in [0.15, 0.2) is 12.7 Å². The van der Waals surface area contributed by atoms with E-state index >= 15 is 0 Å². The van der Waals surface area contributed by atoms with Crippen LogP contribution in [0.3, 0.4) is 0 Å². The van der Waals surface area contributed by atoms with Gasteiger partial charge in [0.1, 0.15) is 0 Å². The van der Waals surface area contributed by atoms with Crippen molar-refractivity contribution >= 4 is 12.0 Å². The lowest BCUT2D eigenvalue weighted by atomic mass is 9.80. The summed E-state index contributed by atoms with van der Waals surface area (Å²) >= 11 is 0. The average molecular weight is 311 g/mol. The molecule has 0 spiro atoms. The number of nitrogens with two attached hydrogens (primary N) is 1. The van der Waals surface area contributed by atoms with Gasteiger partial charge in [-0.3, -0.25) is 4.79 Å². The van der Waals surface area contributed by atoms with Gasteiger partial charge in [0.15, 0.2) is 0 Å². The second-order valence-corrected chi connectivity index (χ2v) is 5.83. The van der Waals surface area contributed by atoms with Gasteiger partial charge >= 0.3 is 6.09 Å². The van der Waals surface area contributed by atoms with Crippen LogP contribution in [0.4, 0.5) is 4.79 Å². The molecule has 22 heavy (non-hydrogen) atoms. The maximum Gasteiger partial charge on any atom is 0.409 e. The molecule has 0 aromatic rings. The molecule has 0 radical (unpaired) electrons. The fourth-order valence-corrected chi connectivity index (χ4v) is 2.68. The van der Waals surface area contributed by atoms with Crippen LogP contribution in [-0.4, -0.2) is 61.1 Å². The molecular weight excluding hydrogens is 282 g/mol. The first-order chi connectivity index (χ1) is 10.5. The molecule has 1 fully saturated rings. The summed E-state index contributed by atoms with van der Waals surface area (Å²) in [7, 11) is 0. The van der Waals surface area contributed by atoms with Gasteiger partial charge in [0, 0.05) is 31.6 Å². The number of rotatable bonds is 7. The van der Waals surface area contributed by atoms with E-state index in [1.807, 2.05) is 6.08 Å². The summed E-state index contributed by atoms with van der Waals surface area (Å²) in [5.74, 6) is -0.0741. The molecular formula is C16H29N3O3. The minimum Gasteiger partial charge on any atom is -0.449 e. The summed E-state index contributed by atoms with van der Waals surface area (Å²) in [4.78, 5) is 27.0. The highest BCUT2D eigenvalue weighted by molar-refractivity contribution is 5.78. The van der Waals surface area contributed by atoms with E-state index in [2.05, 4.69) is 20.4 Å². The lowest BCUT2D eigenvalue weighted by molar-refractivity contribution is -0.131. The Kier molecular flexibility index (Phi) is 7.38. The molecule has 2 N–H and O–H groups in total. The predicted octanol–water partition coefficient (Wildman–Crippen LogP) is 1.61. The SMILES string of the molecule is C=CCC(CC)(CC)COC(=O)N1CCN(C(=O)CN)CC1. The lowest BCUT2D eigenvalue weighted by Crippen LogP contribution is -2.52. The van der Waals surface area contributed by atoms with E-state index in [1.165, 1.54) is 0 Å². The first kappa shape index (κ1) is 18.5. The molecule has 0 aliphatic carbocycles. The third-order valence-corrected chi connectivity index (χ3v) is 4.64. The highest BCUT2D eigenvalue weighted by Gasteiger charge is 2.29. The fourth-order valence-electron chi connectivity index (χ4n) is 2.68. The highest BCUT2D eigenvalue weighted by Crippen LogP contribution is 2.31. The molecule has 1 heterocycles. The topological polar surface area (TPSA) is 75.9 Å². The van der Waals surface area contributed by atoms with Gasteiger partial charge in [0.25, 0.3) is 0 Å². The standard InChI is InChI=1S/C16H29N3O3/c1-4-7-16(5-2,6-3)13-22-15(21)19-10-8-18(9-11-19)14(20)12-17/h4H,1,5-13,17H2,2-3H3. The summed E-state index contributed by atoms with van der Waals surface area (Å²) in [5.41, 5.74) is 5.33. The van der Waals surface area contributed by atoms with Crippen molar-refractivity contribution in [3.05, 3.63) is 12.7 Å². The van der Waals surface area contributed by atoms with Crippen LogP contribution in [0, 0.1) is 5.41 Å². The molecule has 126 valence electrons. The van der Waals surface area contributed by atoms with Gasteiger partial charge in [-0.25, -0.2) is 4.79 Å². The number of hydrogen-bond donors (Lipinski definition) is 1. The van der Waals surface area contributed by atoms with Crippen molar-refractivity contribution in [2.24, 2.45) is 11.1 Å². The van der Waals surface area contributed by atoms with Crippen molar-refractivity contribution < 1.29 is 14.3 Å². The number of hydrogen-bond acceptors (Lipinski definition) is 4. The molecule has 0 atom stereocenters. The van der Waals surface area contributed by atoms with E-state index in [9.17, 15) is 9.59 Å². The molecule has 2 amide bonds. The Morgan fingerprint density at radius 2 is 1.73 bits per heavy atom. The number of carbonyl (C=O) groups is 2. The Morgan fingerprint density at radius 3 is 2.18 bits per heavy atom. The molecule has 0 aromatic heterocycles. The summed E-state index contributed by atoms with van der Waals surface area (Å²) in [6.45, 7) is 10.5. The number of piperazine rings is 1. The fraction of sp³-hybridized carbons (Fsp3) is 0.750. The van der Waals surface area contributed by atoms with Crippen LogP contribution in [0.25, 0.3) is 0 Å². The van der Waals surface area contributed by atoms with E-state index in [1.54, 1.807) is 9.80 Å². The van der Waals surface area contributed by atoms with Crippen LogP contribution in [0.5, 0.6) is 0 Å². The minimum absolute atomic E-state index is 0.0154. The molecule has 1 aliphatic heterocycles. The van der Waals surface area contributed by atoms with E-state index in [0.29, 0.717) is 32.8 Å². The largest absolute Gasteiger partial charge is 0.449 e. The summed E-state index contributed by atoms with van der Waals surface area (Å²) in [6, 6.07) is 0. The van der Waals surface area contributed by atoms with Gasteiger partial charge in [-0.05, 0) is 19.3 Å². The second kappa shape index (κ2) is 8.78. The van der Waals surface area contributed by atoms with E-state index in [4.69, 9.17) is 10.5 Å². The zero-order valence-corrected chi connectivity index (χ0v) is 13.8. The third kappa shape index (κ3) is 4.73. The van der Waals surface area contributed by atoms with E-state index in [0.717, 1.165) is 19.3 Å². The summed E-state index contributed by atoms with van der Waals surface area (Å²) in [5, 5.41) is 0. The Bertz CT molecular complexity index is 386. The zero-order chi connectivity index (χ0) is 16.6. The summed E-state index contributed by atoms with van der Waals surface area (Å²) < 4.78 is 5.51. The summed E-state index contributed by atoms with van der Waals surface area (Å²) in [6.07, 6.45) is 4.32. The molecule has 1 saturated heterocycles. The van der Waals surface area contributed by atoms with Crippen molar-refractivity contribution in [3.63, 3.8) is 0 Å². The molecule has 1 rings (SSSR count). The molecule has 0 saturated carbocycles. The number of carbonyl (C=O) groups excluding carboxylic acids is 2. The van der Waals surface area contributed by atoms with Crippen molar-refractivity contribution in [2.75, 3.05) is 39.3 Å². The van der Waals surface area contributed by atoms with Crippen LogP contribution in [-0.2, 0) is 9.53 Å². The minimum atomic E-state index is -0.296. The maximum atomic E-state index is 12.2. The maximum absolute atomic E-state index is 12.2. The Morgan fingerprint density at radius 1 is 1.18 bits per heavy atom. The molecule has 1 aliphatic rings. The molecule has 6 heteroatoms. The lowest BCUT2D eigenvalue weighted by Gasteiger charge is -2.35. The van der Waals surface area contributed by atoms with Gasteiger partial charge in [-0.1, -0.05) is 19.9 Å². The van der Waals surface area contributed by atoms with E-state index in [-0.39, 0.29) is 24.0 Å². The third-order valence-electron chi connectivity index (χ3n) is 4.64. The Hall–Kier alpha value is -1.56. The number of allylic oxidation sites excluding steroid dienone is 1. The van der Waals surface area contributed by atoms with Crippen molar-refractivity contribution in [1.29, 1.82) is 0 Å². The molecule has 6 nitrogen and oxygen atoms in total. The number of amides is 2. The zero-order valence-electron chi connectivity index (χ0n) is 13.8. The number of ether oxygens (including phenoxy) is 1. The average Bonchev–Trinajstić information content (AvgIpc) is 2.57. The quantitative estimate of drug-likeness (QED) is 0.725. The van der Waals surface area contributed by atoms with Gasteiger partial charge < -0.3 is 20.3 Å². The second-order valence-electron chi connectivity index (χ2n) is 5.83. The molecule has 0 unspecified atom stereocenters. The van der Waals surface area contributed by atoms with Gasteiger partial charge in [-0.15, -0.1) is 6.58 Å². The van der Waals surface area contributed by atoms with Crippen LogP contribution < -0.4 is 5.73 Å². The predicted molar refractivity (Wildman–Crippen MR) is 86.4 cm³/mol. The Balaban J connectivity index is 2.46. The van der Waals surface area contributed by atoms with Crippen LogP contribution in [0.1, 0.15) is 33.1 Å². The van der Waals surface area contributed by atoms with E-state index < -0.39 is 0 Å². The molecule has 0 aromatic carbocycles. The van der Waals surface area contributed by atoms with Gasteiger partial charge in [0.05, 0.1) is 13.2 Å². The Labute approximate surface area is 133 Å². The first-order valence-corrected chi connectivity index (χ1v) is 8.02. The first-order valence-electron chi connectivity index (χ1n) is 8.02. The molecule has 0 bridgehead atoms. The smallest absolute Gasteiger partial charge is 0.409 e. The monoisotopic (exact) mass is 311 g/mol. The number of nitrogens with zero attached hydrogens (tertiary/aromatic N) is 2. The van der Waals surface area contributed by atoms with Gasteiger partial charge in [0.2, 0.25) is 5.91 Å². The highest BCUT2D eigenvalue weighted by atomic mass is 16.6. The van der Waals surface area contributed by atoms with Crippen molar-refractivity contribution in [1.82, 2.24) is 9.80 Å².